The fourth-order valence-electron chi connectivity index (χ4n) is 2.81. The third-order valence-electron chi connectivity index (χ3n) is 4.17. The number of benzene rings is 2. The lowest BCUT2D eigenvalue weighted by molar-refractivity contribution is -0.384. The molecule has 1 unspecified atom stereocenters. The molecule has 2 aromatic carbocycles. The lowest BCUT2D eigenvalue weighted by atomic mass is 10.0. The molecule has 0 aliphatic heterocycles. The molecule has 1 atom stereocenters. The molecule has 0 saturated heterocycles. The minimum atomic E-state index is -1.02. The molecule has 0 radical (unpaired) electrons. The molecule has 0 spiro atoms. The Bertz CT molecular complexity index is 978. The van der Waals surface area contributed by atoms with Crippen LogP contribution in [0.5, 0.6) is 0 Å². The van der Waals surface area contributed by atoms with E-state index in [4.69, 9.17) is 16.3 Å². The Kier molecular flexibility index (Phi) is 7.12. The maximum Gasteiger partial charge on any atom is 0.331 e. The van der Waals surface area contributed by atoms with Crippen LogP contribution in [0.15, 0.2) is 36.4 Å². The SMILES string of the molecule is Cc1cc(C)c(NC(=O)C(C)OC(=O)/C=C/c2ccc(Cl)c([N+](=O)[O-])c2)c(C)c1. The van der Waals surface area contributed by atoms with Crippen LogP contribution in [-0.2, 0) is 14.3 Å². The number of rotatable bonds is 6. The van der Waals surface area contributed by atoms with Crippen LogP contribution in [0.3, 0.4) is 0 Å². The Hall–Kier alpha value is -3.19. The van der Waals surface area contributed by atoms with E-state index in [9.17, 15) is 19.7 Å². The number of esters is 1. The molecule has 0 aromatic heterocycles. The molecule has 2 rings (SSSR count). The smallest absolute Gasteiger partial charge is 0.331 e. The Morgan fingerprint density at radius 2 is 1.79 bits per heavy atom. The standard InChI is InChI=1S/C21H21ClN2O5/c1-12-9-13(2)20(14(3)10-12)23-21(26)15(4)29-19(25)8-6-16-5-7-17(22)18(11-16)24(27)28/h5-11,15H,1-4H3,(H,23,26)/b8-6+. The van der Waals surface area contributed by atoms with Crippen molar-refractivity contribution in [2.45, 2.75) is 33.8 Å². The fraction of sp³-hybridized carbons (Fsp3) is 0.238. The van der Waals surface area contributed by atoms with Crippen molar-refractivity contribution in [2.75, 3.05) is 5.32 Å². The molecule has 0 heterocycles. The second-order valence-electron chi connectivity index (χ2n) is 6.64. The Morgan fingerprint density at radius 1 is 1.17 bits per heavy atom. The normalized spacial score (nSPS) is 11.9. The lowest BCUT2D eigenvalue weighted by Crippen LogP contribution is -2.30. The number of carbonyl (C=O) groups is 2. The van der Waals surface area contributed by atoms with Gasteiger partial charge in [0, 0.05) is 17.8 Å². The summed E-state index contributed by atoms with van der Waals surface area (Å²) in [4.78, 5) is 34.7. The van der Waals surface area contributed by atoms with Crippen LogP contribution < -0.4 is 5.32 Å². The largest absolute Gasteiger partial charge is 0.449 e. The van der Waals surface area contributed by atoms with Gasteiger partial charge in [-0.1, -0.05) is 35.4 Å². The van der Waals surface area contributed by atoms with E-state index in [0.29, 0.717) is 11.3 Å². The first-order chi connectivity index (χ1) is 13.6. The average molecular weight is 417 g/mol. The van der Waals surface area contributed by atoms with Crippen molar-refractivity contribution in [1.29, 1.82) is 0 Å². The van der Waals surface area contributed by atoms with E-state index in [1.54, 1.807) is 0 Å². The third kappa shape index (κ3) is 5.89. The van der Waals surface area contributed by atoms with E-state index in [-0.39, 0.29) is 10.7 Å². The van der Waals surface area contributed by atoms with Crippen LogP contribution in [0, 0.1) is 30.9 Å². The number of hydrogen-bond donors (Lipinski definition) is 1. The number of nitro groups is 1. The van der Waals surface area contributed by atoms with Gasteiger partial charge in [0.05, 0.1) is 4.92 Å². The van der Waals surface area contributed by atoms with E-state index < -0.39 is 22.9 Å². The van der Waals surface area contributed by atoms with Crippen LogP contribution >= 0.6 is 11.6 Å². The Morgan fingerprint density at radius 3 is 2.38 bits per heavy atom. The number of nitrogens with zero attached hydrogens (tertiary/aromatic N) is 1. The third-order valence-corrected chi connectivity index (χ3v) is 4.49. The van der Waals surface area contributed by atoms with Gasteiger partial charge in [0.15, 0.2) is 6.10 Å². The van der Waals surface area contributed by atoms with E-state index >= 15 is 0 Å². The molecule has 0 bridgehead atoms. The molecule has 152 valence electrons. The number of halogens is 1. The van der Waals surface area contributed by atoms with Crippen LogP contribution in [0.2, 0.25) is 5.02 Å². The van der Waals surface area contributed by atoms with Crippen LogP contribution in [-0.4, -0.2) is 22.9 Å². The molecule has 8 heteroatoms. The van der Waals surface area contributed by atoms with Gasteiger partial charge < -0.3 is 10.1 Å². The molecule has 0 aliphatic carbocycles. The highest BCUT2D eigenvalue weighted by Gasteiger charge is 2.18. The predicted octanol–water partition coefficient (Wildman–Crippen LogP) is 4.76. The quantitative estimate of drug-likeness (QED) is 0.317. The van der Waals surface area contributed by atoms with Gasteiger partial charge >= 0.3 is 5.97 Å². The number of hydrogen-bond acceptors (Lipinski definition) is 5. The second kappa shape index (κ2) is 9.34. The van der Waals surface area contributed by atoms with Crippen LogP contribution in [0.4, 0.5) is 11.4 Å². The van der Waals surface area contributed by atoms with Gasteiger partial charge in [0.25, 0.3) is 11.6 Å². The molecular weight excluding hydrogens is 396 g/mol. The number of nitro benzene ring substituents is 1. The van der Waals surface area contributed by atoms with Gasteiger partial charge in [-0.05, 0) is 56.5 Å². The van der Waals surface area contributed by atoms with Crippen molar-refractivity contribution in [1.82, 2.24) is 0 Å². The molecule has 2 aromatic rings. The van der Waals surface area contributed by atoms with Gasteiger partial charge in [-0.2, -0.15) is 0 Å². The monoisotopic (exact) mass is 416 g/mol. The van der Waals surface area contributed by atoms with E-state index in [0.717, 1.165) is 22.8 Å². The number of carbonyl (C=O) groups excluding carboxylic acids is 2. The summed E-state index contributed by atoms with van der Waals surface area (Å²) in [5.41, 5.74) is 3.75. The molecule has 7 nitrogen and oxygen atoms in total. The molecule has 0 saturated carbocycles. The minimum absolute atomic E-state index is 0.00159. The summed E-state index contributed by atoms with van der Waals surface area (Å²) >= 11 is 5.75. The first-order valence-corrected chi connectivity index (χ1v) is 9.17. The van der Waals surface area contributed by atoms with Crippen molar-refractivity contribution in [3.05, 3.63) is 73.8 Å². The molecule has 1 amide bonds. The highest BCUT2D eigenvalue weighted by atomic mass is 35.5. The number of nitrogens with one attached hydrogen (secondary N) is 1. The zero-order valence-corrected chi connectivity index (χ0v) is 17.2. The van der Waals surface area contributed by atoms with E-state index in [2.05, 4.69) is 5.32 Å². The summed E-state index contributed by atoms with van der Waals surface area (Å²) in [5, 5.41) is 13.7. The summed E-state index contributed by atoms with van der Waals surface area (Å²) in [6.07, 6.45) is 1.43. The molecule has 29 heavy (non-hydrogen) atoms. The summed E-state index contributed by atoms with van der Waals surface area (Å²) < 4.78 is 5.11. The number of anilines is 1. The fourth-order valence-corrected chi connectivity index (χ4v) is 2.99. The van der Waals surface area contributed by atoms with Gasteiger partial charge in [0.2, 0.25) is 0 Å². The zero-order chi connectivity index (χ0) is 21.7. The van der Waals surface area contributed by atoms with Crippen LogP contribution in [0.1, 0.15) is 29.2 Å². The number of ether oxygens (including phenoxy) is 1. The summed E-state index contributed by atoms with van der Waals surface area (Å²) in [6.45, 7) is 7.21. The predicted molar refractivity (Wildman–Crippen MR) is 112 cm³/mol. The first-order valence-electron chi connectivity index (χ1n) is 8.80. The van der Waals surface area contributed by atoms with Crippen molar-refractivity contribution < 1.29 is 19.2 Å². The van der Waals surface area contributed by atoms with Crippen molar-refractivity contribution in [3.8, 4) is 0 Å². The maximum absolute atomic E-state index is 12.4. The zero-order valence-electron chi connectivity index (χ0n) is 16.5. The lowest BCUT2D eigenvalue weighted by Gasteiger charge is -2.16. The molecule has 1 N–H and O–H groups in total. The van der Waals surface area contributed by atoms with Crippen LogP contribution in [0.25, 0.3) is 6.08 Å². The highest BCUT2D eigenvalue weighted by molar-refractivity contribution is 6.32. The maximum atomic E-state index is 12.4. The molecule has 0 aliphatic rings. The van der Waals surface area contributed by atoms with Crippen molar-refractivity contribution in [3.63, 3.8) is 0 Å². The van der Waals surface area contributed by atoms with Gasteiger partial charge in [-0.3, -0.25) is 14.9 Å². The first kappa shape index (κ1) is 22.1. The van der Waals surface area contributed by atoms with Crippen molar-refractivity contribution in [2.24, 2.45) is 0 Å². The summed E-state index contributed by atoms with van der Waals surface area (Å²) in [6, 6.07) is 8.04. The Balaban J connectivity index is 2.02. The highest BCUT2D eigenvalue weighted by Crippen LogP contribution is 2.25. The summed E-state index contributed by atoms with van der Waals surface area (Å²) in [7, 11) is 0. The van der Waals surface area contributed by atoms with Gasteiger partial charge in [-0.15, -0.1) is 0 Å². The van der Waals surface area contributed by atoms with E-state index in [1.807, 2.05) is 32.9 Å². The minimum Gasteiger partial charge on any atom is -0.449 e. The van der Waals surface area contributed by atoms with E-state index in [1.165, 1.54) is 31.2 Å². The average Bonchev–Trinajstić information content (AvgIpc) is 2.63. The molecular formula is C21H21ClN2O5. The van der Waals surface area contributed by atoms with Gasteiger partial charge in [0.1, 0.15) is 5.02 Å². The van der Waals surface area contributed by atoms with Crippen molar-refractivity contribution >= 4 is 40.9 Å². The summed E-state index contributed by atoms with van der Waals surface area (Å²) in [5.74, 6) is -1.20. The Labute approximate surface area is 173 Å². The number of aryl methyl sites for hydroxylation is 3. The number of amides is 1. The molecule has 0 fully saturated rings. The van der Waals surface area contributed by atoms with Gasteiger partial charge in [-0.25, -0.2) is 4.79 Å². The topological polar surface area (TPSA) is 98.5 Å². The second-order valence-corrected chi connectivity index (χ2v) is 7.05.